The van der Waals surface area contributed by atoms with Gasteiger partial charge in [-0.15, -0.1) is 11.8 Å². The van der Waals surface area contributed by atoms with E-state index in [0.717, 1.165) is 11.3 Å². The van der Waals surface area contributed by atoms with Crippen LogP contribution in [0.5, 0.6) is 0 Å². The van der Waals surface area contributed by atoms with Crippen LogP contribution < -0.4 is 5.32 Å². The number of hydrogen-bond donors (Lipinski definition) is 1. The van der Waals surface area contributed by atoms with E-state index in [9.17, 15) is 4.79 Å². The van der Waals surface area contributed by atoms with Crippen LogP contribution in [-0.2, 0) is 4.79 Å². The molecule has 0 aromatic heterocycles. The van der Waals surface area contributed by atoms with Gasteiger partial charge in [-0.05, 0) is 75.4 Å². The Bertz CT molecular complexity index is 724. The number of amides is 1. The summed E-state index contributed by atoms with van der Waals surface area (Å²) < 4.78 is 0. The first-order valence-corrected chi connectivity index (χ1v) is 8.85. The van der Waals surface area contributed by atoms with Crippen LogP contribution in [0.25, 0.3) is 0 Å². The second-order valence-corrected chi connectivity index (χ2v) is 7.23. The predicted octanol–water partition coefficient (Wildman–Crippen LogP) is 5.27. The van der Waals surface area contributed by atoms with E-state index in [1.165, 1.54) is 32.7 Å². The maximum Gasteiger partial charge on any atom is 0.234 e. The molecule has 0 aliphatic carbocycles. The normalized spacial score (nSPS) is 10.7. The Balaban J connectivity index is 2.08. The average molecular weight is 327 g/mol. The van der Waals surface area contributed by atoms with E-state index >= 15 is 0 Å². The predicted molar refractivity (Wildman–Crippen MR) is 101 cm³/mol. The molecule has 0 radical (unpaired) electrons. The molecule has 2 nitrogen and oxygen atoms in total. The van der Waals surface area contributed by atoms with Crippen molar-refractivity contribution in [2.45, 2.75) is 46.4 Å². The summed E-state index contributed by atoms with van der Waals surface area (Å²) >= 11 is 1.63. The molecular weight excluding hydrogens is 302 g/mol. The Morgan fingerprint density at radius 3 is 2.09 bits per heavy atom. The molecule has 2 aromatic carbocycles. The summed E-state index contributed by atoms with van der Waals surface area (Å²) in [5, 5.41) is 3.02. The van der Waals surface area contributed by atoms with Crippen molar-refractivity contribution >= 4 is 23.4 Å². The second kappa shape index (κ2) is 7.22. The van der Waals surface area contributed by atoms with Gasteiger partial charge in [-0.25, -0.2) is 0 Å². The number of nitrogens with one attached hydrogen (secondary N) is 1. The first kappa shape index (κ1) is 17.6. The molecule has 122 valence electrons. The molecule has 1 N–H and O–H groups in total. The fraction of sp³-hybridized carbons (Fsp3) is 0.350. The lowest BCUT2D eigenvalue weighted by molar-refractivity contribution is -0.113. The third kappa shape index (κ3) is 4.17. The third-order valence-electron chi connectivity index (χ3n) is 4.30. The number of hydrogen-bond acceptors (Lipinski definition) is 2. The molecular formula is C20H25NOS. The van der Waals surface area contributed by atoms with Crippen LogP contribution in [0.1, 0.15) is 33.4 Å². The fourth-order valence-electron chi connectivity index (χ4n) is 2.68. The summed E-state index contributed by atoms with van der Waals surface area (Å²) in [7, 11) is 0. The molecule has 0 unspecified atom stereocenters. The Morgan fingerprint density at radius 2 is 1.52 bits per heavy atom. The molecule has 0 saturated heterocycles. The van der Waals surface area contributed by atoms with Gasteiger partial charge in [0.15, 0.2) is 0 Å². The maximum atomic E-state index is 12.3. The number of carbonyl (C=O) groups excluding carboxylic acids is 1. The van der Waals surface area contributed by atoms with Crippen molar-refractivity contribution in [1.82, 2.24) is 0 Å². The van der Waals surface area contributed by atoms with Gasteiger partial charge >= 0.3 is 0 Å². The Hall–Kier alpha value is -1.74. The molecule has 1 amide bonds. The van der Waals surface area contributed by atoms with Crippen molar-refractivity contribution in [3.8, 4) is 0 Å². The van der Waals surface area contributed by atoms with E-state index in [1.807, 2.05) is 19.1 Å². The zero-order valence-corrected chi connectivity index (χ0v) is 15.6. The molecule has 0 heterocycles. The number of benzene rings is 2. The summed E-state index contributed by atoms with van der Waals surface area (Å²) in [5.74, 6) is 0.470. The number of carbonyl (C=O) groups is 1. The minimum Gasteiger partial charge on any atom is -0.325 e. The zero-order valence-electron chi connectivity index (χ0n) is 14.8. The minimum atomic E-state index is 0.0416. The Labute approximate surface area is 143 Å². The third-order valence-corrected chi connectivity index (χ3v) is 5.61. The molecule has 23 heavy (non-hydrogen) atoms. The van der Waals surface area contributed by atoms with Gasteiger partial charge in [-0.3, -0.25) is 4.79 Å². The number of rotatable bonds is 4. The van der Waals surface area contributed by atoms with Crippen molar-refractivity contribution in [3.05, 3.63) is 57.6 Å². The highest BCUT2D eigenvalue weighted by Gasteiger charge is 2.12. The standard InChI is InChI=1S/C20H25NOS/c1-12-7-8-18(15(4)9-12)21-19(22)11-23-20-16(5)13(2)10-14(3)17(20)6/h7-10H,11H2,1-6H3,(H,21,22). The topological polar surface area (TPSA) is 29.1 Å². The molecule has 3 heteroatoms. The molecule has 2 aromatic rings. The van der Waals surface area contributed by atoms with Gasteiger partial charge in [-0.2, -0.15) is 0 Å². The first-order chi connectivity index (χ1) is 10.8. The van der Waals surface area contributed by atoms with Gasteiger partial charge in [0.1, 0.15) is 0 Å². The average Bonchev–Trinajstić information content (AvgIpc) is 2.48. The van der Waals surface area contributed by atoms with Crippen LogP contribution >= 0.6 is 11.8 Å². The van der Waals surface area contributed by atoms with Crippen LogP contribution in [0.3, 0.4) is 0 Å². The molecule has 0 aliphatic rings. The van der Waals surface area contributed by atoms with Gasteiger partial charge in [0.2, 0.25) is 5.91 Å². The van der Waals surface area contributed by atoms with Crippen molar-refractivity contribution in [1.29, 1.82) is 0 Å². The zero-order chi connectivity index (χ0) is 17.1. The SMILES string of the molecule is Cc1ccc(NC(=O)CSc2c(C)c(C)cc(C)c2C)c(C)c1. The van der Waals surface area contributed by atoms with Gasteiger partial charge in [-0.1, -0.05) is 23.8 Å². The van der Waals surface area contributed by atoms with E-state index in [-0.39, 0.29) is 5.91 Å². The van der Waals surface area contributed by atoms with Crippen molar-refractivity contribution in [2.24, 2.45) is 0 Å². The first-order valence-electron chi connectivity index (χ1n) is 7.87. The lowest BCUT2D eigenvalue weighted by Crippen LogP contribution is -2.15. The van der Waals surface area contributed by atoms with E-state index < -0.39 is 0 Å². The van der Waals surface area contributed by atoms with Gasteiger partial charge in [0.05, 0.1) is 5.75 Å². The van der Waals surface area contributed by atoms with Crippen LogP contribution in [0.15, 0.2) is 29.2 Å². The smallest absolute Gasteiger partial charge is 0.234 e. The summed E-state index contributed by atoms with van der Waals surface area (Å²) in [6.07, 6.45) is 0. The molecule has 0 fully saturated rings. The highest BCUT2D eigenvalue weighted by molar-refractivity contribution is 8.00. The van der Waals surface area contributed by atoms with Crippen LogP contribution in [0.2, 0.25) is 0 Å². The molecule has 2 rings (SSSR count). The number of thioether (sulfide) groups is 1. The van der Waals surface area contributed by atoms with E-state index in [0.29, 0.717) is 5.75 Å². The van der Waals surface area contributed by atoms with Gasteiger partial charge < -0.3 is 5.32 Å². The molecule has 0 aliphatic heterocycles. The molecule has 0 spiro atoms. The van der Waals surface area contributed by atoms with E-state index in [2.05, 4.69) is 52.1 Å². The largest absolute Gasteiger partial charge is 0.325 e. The minimum absolute atomic E-state index is 0.0416. The van der Waals surface area contributed by atoms with Crippen molar-refractivity contribution in [3.63, 3.8) is 0 Å². The summed E-state index contributed by atoms with van der Waals surface area (Å²) in [6.45, 7) is 12.6. The second-order valence-electron chi connectivity index (χ2n) is 6.24. The highest BCUT2D eigenvalue weighted by atomic mass is 32.2. The summed E-state index contributed by atoms with van der Waals surface area (Å²) in [6, 6.07) is 8.29. The van der Waals surface area contributed by atoms with Crippen molar-refractivity contribution in [2.75, 3.05) is 11.1 Å². The monoisotopic (exact) mass is 327 g/mol. The van der Waals surface area contributed by atoms with Crippen LogP contribution in [-0.4, -0.2) is 11.7 Å². The lowest BCUT2D eigenvalue weighted by Gasteiger charge is -2.15. The molecule has 0 atom stereocenters. The number of anilines is 1. The molecule has 0 saturated carbocycles. The van der Waals surface area contributed by atoms with Gasteiger partial charge in [0.25, 0.3) is 0 Å². The molecule has 0 bridgehead atoms. The van der Waals surface area contributed by atoms with Crippen molar-refractivity contribution < 1.29 is 4.79 Å². The highest BCUT2D eigenvalue weighted by Crippen LogP contribution is 2.31. The Kier molecular flexibility index (Phi) is 5.53. The quantitative estimate of drug-likeness (QED) is 0.775. The summed E-state index contributed by atoms with van der Waals surface area (Å²) in [5.41, 5.74) is 8.32. The number of aryl methyl sites for hydroxylation is 4. The van der Waals surface area contributed by atoms with Crippen LogP contribution in [0, 0.1) is 41.5 Å². The van der Waals surface area contributed by atoms with E-state index in [4.69, 9.17) is 0 Å². The maximum absolute atomic E-state index is 12.3. The van der Waals surface area contributed by atoms with Crippen LogP contribution in [0.4, 0.5) is 5.69 Å². The summed E-state index contributed by atoms with van der Waals surface area (Å²) in [4.78, 5) is 13.5. The van der Waals surface area contributed by atoms with Gasteiger partial charge in [0, 0.05) is 10.6 Å². The lowest BCUT2D eigenvalue weighted by atomic mass is 10.0. The fourth-order valence-corrected chi connectivity index (χ4v) is 3.78. The van der Waals surface area contributed by atoms with E-state index in [1.54, 1.807) is 11.8 Å². The Morgan fingerprint density at radius 1 is 0.913 bits per heavy atom.